The van der Waals surface area contributed by atoms with Crippen LogP contribution in [0, 0.1) is 0 Å². The van der Waals surface area contributed by atoms with Crippen molar-refractivity contribution in [1.82, 2.24) is 0 Å². The van der Waals surface area contributed by atoms with E-state index in [1.807, 2.05) is 0 Å². The molecule has 0 fully saturated rings. The Morgan fingerprint density at radius 2 is 2.18 bits per heavy atom. The first-order valence-electron chi connectivity index (χ1n) is 3.33. The molecule has 1 atom stereocenters. The van der Waals surface area contributed by atoms with Crippen molar-refractivity contribution in [3.63, 3.8) is 0 Å². The zero-order chi connectivity index (χ0) is 8.69. The van der Waals surface area contributed by atoms with Crippen molar-refractivity contribution in [2.24, 2.45) is 0 Å². The van der Waals surface area contributed by atoms with Crippen molar-refractivity contribution in [2.45, 2.75) is 13.0 Å². The van der Waals surface area contributed by atoms with Crippen LogP contribution >= 0.6 is 0 Å². The summed E-state index contributed by atoms with van der Waals surface area (Å²) in [5.74, 6) is -0.411. The Bertz CT molecular complexity index is 180. The maximum atomic E-state index is 10.6. The number of hydrogen-bond donors (Lipinski definition) is 0. The van der Waals surface area contributed by atoms with Crippen LogP contribution in [0.1, 0.15) is 6.92 Å². The molecular formula is C9H12O2. The van der Waals surface area contributed by atoms with Gasteiger partial charge in [-0.15, -0.1) is 0 Å². The smallest absolute Gasteiger partial charge is 0.330 e. The van der Waals surface area contributed by atoms with Crippen LogP contribution in [0.3, 0.4) is 0 Å². The molecule has 0 aliphatic heterocycles. The first-order chi connectivity index (χ1) is 5.20. The van der Waals surface area contributed by atoms with Gasteiger partial charge in [0, 0.05) is 6.08 Å². The average molecular weight is 152 g/mol. The van der Waals surface area contributed by atoms with Crippen LogP contribution in [0.2, 0.25) is 0 Å². The van der Waals surface area contributed by atoms with E-state index >= 15 is 0 Å². The summed E-state index contributed by atoms with van der Waals surface area (Å²) in [5, 5.41) is 0. The van der Waals surface area contributed by atoms with E-state index in [9.17, 15) is 4.79 Å². The monoisotopic (exact) mass is 152 g/mol. The Balaban J connectivity index is 3.76. The van der Waals surface area contributed by atoms with Crippen LogP contribution in [-0.2, 0) is 9.53 Å². The molecule has 0 amide bonds. The van der Waals surface area contributed by atoms with E-state index in [1.165, 1.54) is 0 Å². The lowest BCUT2D eigenvalue weighted by atomic mass is 10.3. The Hall–Kier alpha value is -1.31. The molecule has 0 N–H and O–H groups in total. The molecule has 0 aromatic carbocycles. The van der Waals surface area contributed by atoms with E-state index in [2.05, 4.69) is 13.2 Å². The third-order valence-electron chi connectivity index (χ3n) is 0.987. The van der Waals surface area contributed by atoms with Crippen molar-refractivity contribution >= 4 is 5.97 Å². The Morgan fingerprint density at radius 1 is 1.55 bits per heavy atom. The van der Waals surface area contributed by atoms with Crippen molar-refractivity contribution < 1.29 is 9.53 Å². The summed E-state index contributed by atoms with van der Waals surface area (Å²) in [4.78, 5) is 10.6. The molecule has 0 bridgehead atoms. The van der Waals surface area contributed by atoms with Gasteiger partial charge in [-0.3, -0.25) is 0 Å². The lowest BCUT2D eigenvalue weighted by Gasteiger charge is -2.04. The number of ether oxygens (including phenoxy) is 1. The van der Waals surface area contributed by atoms with Crippen LogP contribution in [0.5, 0.6) is 0 Å². The van der Waals surface area contributed by atoms with Crippen LogP contribution in [-0.4, -0.2) is 12.1 Å². The van der Waals surface area contributed by atoms with Crippen LogP contribution in [0.4, 0.5) is 0 Å². The number of carbonyl (C=O) groups excluding carboxylic acids is 1. The van der Waals surface area contributed by atoms with Gasteiger partial charge >= 0.3 is 5.97 Å². The Kier molecular flexibility index (Phi) is 4.82. The minimum atomic E-state index is -0.411. The predicted molar refractivity (Wildman–Crippen MR) is 45.1 cm³/mol. The maximum Gasteiger partial charge on any atom is 0.330 e. The second-order valence-electron chi connectivity index (χ2n) is 1.97. The second kappa shape index (κ2) is 5.47. The van der Waals surface area contributed by atoms with E-state index in [0.717, 1.165) is 6.08 Å². The average Bonchev–Trinajstić information content (AvgIpc) is 2.00. The van der Waals surface area contributed by atoms with Crippen LogP contribution in [0.25, 0.3) is 0 Å². The summed E-state index contributed by atoms with van der Waals surface area (Å²) < 4.78 is 4.81. The molecule has 0 rings (SSSR count). The Morgan fingerprint density at radius 3 is 2.64 bits per heavy atom. The largest absolute Gasteiger partial charge is 0.455 e. The summed E-state index contributed by atoms with van der Waals surface area (Å²) in [6, 6.07) is 0. The van der Waals surface area contributed by atoms with Crippen LogP contribution < -0.4 is 0 Å². The van der Waals surface area contributed by atoms with E-state index in [0.29, 0.717) is 0 Å². The van der Waals surface area contributed by atoms with E-state index in [4.69, 9.17) is 4.74 Å². The lowest BCUT2D eigenvalue weighted by molar-refractivity contribution is -0.140. The molecule has 0 aliphatic rings. The highest BCUT2D eigenvalue weighted by molar-refractivity contribution is 5.81. The summed E-state index contributed by atoms with van der Waals surface area (Å²) in [6.45, 7) is 8.52. The highest BCUT2D eigenvalue weighted by atomic mass is 16.5. The first kappa shape index (κ1) is 9.69. The van der Waals surface area contributed by atoms with Crippen molar-refractivity contribution in [2.75, 3.05) is 0 Å². The van der Waals surface area contributed by atoms with Gasteiger partial charge in [-0.05, 0) is 13.0 Å². The SMILES string of the molecule is C=CC=CC(C)OC(=O)C=C. The molecule has 0 saturated carbocycles. The second-order valence-corrected chi connectivity index (χ2v) is 1.97. The van der Waals surface area contributed by atoms with Gasteiger partial charge in [-0.1, -0.05) is 25.3 Å². The summed E-state index contributed by atoms with van der Waals surface area (Å²) >= 11 is 0. The molecule has 11 heavy (non-hydrogen) atoms. The fourth-order valence-corrected chi connectivity index (χ4v) is 0.506. The van der Waals surface area contributed by atoms with Gasteiger partial charge in [0.15, 0.2) is 0 Å². The maximum absolute atomic E-state index is 10.6. The van der Waals surface area contributed by atoms with E-state index < -0.39 is 5.97 Å². The van der Waals surface area contributed by atoms with Crippen molar-refractivity contribution in [1.29, 1.82) is 0 Å². The third kappa shape index (κ3) is 5.15. The van der Waals surface area contributed by atoms with E-state index in [1.54, 1.807) is 25.2 Å². The van der Waals surface area contributed by atoms with Gasteiger partial charge in [0.25, 0.3) is 0 Å². The summed E-state index contributed by atoms with van der Waals surface area (Å²) in [5.41, 5.74) is 0. The molecule has 0 aliphatic carbocycles. The van der Waals surface area contributed by atoms with Gasteiger partial charge in [0.2, 0.25) is 0 Å². The molecule has 2 nitrogen and oxygen atoms in total. The number of hydrogen-bond acceptors (Lipinski definition) is 2. The number of rotatable bonds is 4. The normalized spacial score (nSPS) is 12.5. The molecule has 0 aromatic heterocycles. The molecular weight excluding hydrogens is 140 g/mol. The highest BCUT2D eigenvalue weighted by Crippen LogP contribution is 1.93. The molecule has 0 aromatic rings. The fraction of sp³-hybridized carbons (Fsp3) is 0.222. The topological polar surface area (TPSA) is 26.3 Å². The molecule has 60 valence electrons. The highest BCUT2D eigenvalue weighted by Gasteiger charge is 1.99. The van der Waals surface area contributed by atoms with Gasteiger partial charge < -0.3 is 4.74 Å². The molecule has 0 saturated heterocycles. The van der Waals surface area contributed by atoms with Gasteiger partial charge in [0.1, 0.15) is 6.10 Å². The summed E-state index contributed by atoms with van der Waals surface area (Å²) in [6.07, 6.45) is 5.99. The molecule has 0 radical (unpaired) electrons. The predicted octanol–water partition coefficient (Wildman–Crippen LogP) is 1.85. The molecule has 0 heterocycles. The molecule has 1 unspecified atom stereocenters. The Labute approximate surface area is 66.9 Å². The fourth-order valence-electron chi connectivity index (χ4n) is 0.506. The van der Waals surface area contributed by atoms with Gasteiger partial charge in [0.05, 0.1) is 0 Å². The molecule has 2 heteroatoms. The zero-order valence-corrected chi connectivity index (χ0v) is 6.62. The van der Waals surface area contributed by atoms with Crippen molar-refractivity contribution in [3.8, 4) is 0 Å². The number of carbonyl (C=O) groups is 1. The first-order valence-corrected chi connectivity index (χ1v) is 3.33. The number of esters is 1. The summed E-state index contributed by atoms with van der Waals surface area (Å²) in [7, 11) is 0. The molecule has 0 spiro atoms. The quantitative estimate of drug-likeness (QED) is 0.349. The third-order valence-corrected chi connectivity index (χ3v) is 0.987. The van der Waals surface area contributed by atoms with Crippen LogP contribution in [0.15, 0.2) is 37.5 Å². The van der Waals surface area contributed by atoms with Gasteiger partial charge in [-0.2, -0.15) is 0 Å². The minimum Gasteiger partial charge on any atom is -0.455 e. The standard InChI is InChI=1S/C9H12O2/c1-4-6-7-8(3)11-9(10)5-2/h4-8H,1-2H2,3H3. The lowest BCUT2D eigenvalue weighted by Crippen LogP contribution is -2.09. The zero-order valence-electron chi connectivity index (χ0n) is 6.62. The minimum absolute atomic E-state index is 0.224. The van der Waals surface area contributed by atoms with Crippen molar-refractivity contribution in [3.05, 3.63) is 37.5 Å². The number of allylic oxidation sites excluding steroid dienone is 2. The van der Waals surface area contributed by atoms with E-state index in [-0.39, 0.29) is 6.10 Å². The van der Waals surface area contributed by atoms with Gasteiger partial charge in [-0.25, -0.2) is 4.79 Å².